The number of ether oxygens (including phenoxy) is 2. The monoisotopic (exact) mass is 392 g/mol. The molecule has 1 aliphatic carbocycles. The summed E-state index contributed by atoms with van der Waals surface area (Å²) < 4.78 is 81.0. The number of hydrogen-bond donors (Lipinski definition) is 2. The van der Waals surface area contributed by atoms with Crippen molar-refractivity contribution < 1.29 is 45.4 Å². The molecule has 150 valence electrons. The maximum atomic E-state index is 11.9. The molecular weight excluding hydrogens is 374 g/mol. The average Bonchev–Trinajstić information content (AvgIpc) is 2.53. The molecule has 1 aliphatic rings. The van der Waals surface area contributed by atoms with E-state index in [4.69, 9.17) is 4.74 Å². The number of hydrogen-bond acceptors (Lipinski definition) is 4. The zero-order valence-electron chi connectivity index (χ0n) is 13.5. The van der Waals surface area contributed by atoms with Gasteiger partial charge in [0.05, 0.1) is 13.2 Å². The van der Waals surface area contributed by atoms with Gasteiger partial charge in [0.25, 0.3) is 0 Å². The van der Waals surface area contributed by atoms with E-state index in [9.17, 15) is 35.9 Å². The number of alkyl halides is 6. The van der Waals surface area contributed by atoms with E-state index in [1.807, 2.05) is 0 Å². The van der Waals surface area contributed by atoms with Gasteiger partial charge in [-0.05, 0) is 18.8 Å². The predicted molar refractivity (Wildman–Crippen MR) is 76.2 cm³/mol. The number of halogens is 6. The quantitative estimate of drug-likeness (QED) is 0.538. The van der Waals surface area contributed by atoms with E-state index in [-0.39, 0.29) is 25.0 Å². The first-order valence-corrected chi connectivity index (χ1v) is 7.56. The number of carbonyl (C=O) groups excluding carboxylic acids is 2. The van der Waals surface area contributed by atoms with E-state index in [1.165, 1.54) is 0 Å². The molecule has 2 unspecified atom stereocenters. The van der Waals surface area contributed by atoms with Gasteiger partial charge < -0.3 is 20.1 Å². The van der Waals surface area contributed by atoms with Crippen LogP contribution in [0.1, 0.15) is 12.8 Å². The molecule has 0 fully saturated rings. The lowest BCUT2D eigenvalue weighted by Crippen LogP contribution is -2.36. The largest absolute Gasteiger partial charge is 0.449 e. The van der Waals surface area contributed by atoms with Crippen molar-refractivity contribution in [1.82, 2.24) is 10.6 Å². The van der Waals surface area contributed by atoms with E-state index >= 15 is 0 Å². The Morgan fingerprint density at radius 2 is 1.42 bits per heavy atom. The van der Waals surface area contributed by atoms with Crippen molar-refractivity contribution >= 4 is 12.2 Å². The second-order valence-corrected chi connectivity index (χ2v) is 5.66. The summed E-state index contributed by atoms with van der Waals surface area (Å²) in [4.78, 5) is 22.3. The van der Waals surface area contributed by atoms with Crippen molar-refractivity contribution in [1.29, 1.82) is 0 Å². The van der Waals surface area contributed by atoms with Gasteiger partial charge in [-0.1, -0.05) is 12.2 Å². The second kappa shape index (κ2) is 9.53. The zero-order chi connectivity index (χ0) is 19.8. The molecule has 0 spiro atoms. The zero-order valence-corrected chi connectivity index (χ0v) is 13.5. The Bertz CT molecular complexity index is 507. The highest BCUT2D eigenvalue weighted by molar-refractivity contribution is 5.67. The molecule has 0 heterocycles. The lowest BCUT2D eigenvalue weighted by atomic mass is 9.87. The summed E-state index contributed by atoms with van der Waals surface area (Å²) in [6.45, 7) is -3.31. The van der Waals surface area contributed by atoms with Gasteiger partial charge in [-0.15, -0.1) is 0 Å². The highest BCUT2D eigenvalue weighted by Crippen LogP contribution is 2.24. The standard InChI is InChI=1S/C14H18F6N2O4/c15-13(16,17)7-21-11(23)25-5-9-2-1-3-10(4-9)6-26-12(24)22-8-14(18,19)20/h1-2,9-10H,3-8H2,(H,21,23)(H,22,24). The molecule has 0 saturated carbocycles. The third-order valence-electron chi connectivity index (χ3n) is 3.26. The van der Waals surface area contributed by atoms with Gasteiger partial charge in [-0.3, -0.25) is 0 Å². The Labute approximate surface area is 144 Å². The van der Waals surface area contributed by atoms with Gasteiger partial charge in [-0.2, -0.15) is 26.3 Å². The number of amides is 2. The molecule has 2 amide bonds. The van der Waals surface area contributed by atoms with Gasteiger partial charge in [-0.25, -0.2) is 9.59 Å². The molecular formula is C14H18F6N2O4. The summed E-state index contributed by atoms with van der Waals surface area (Å²) in [7, 11) is 0. The summed E-state index contributed by atoms with van der Waals surface area (Å²) in [5, 5.41) is 3.13. The average molecular weight is 392 g/mol. The fourth-order valence-electron chi connectivity index (χ4n) is 2.15. The van der Waals surface area contributed by atoms with Crippen LogP contribution in [-0.2, 0) is 9.47 Å². The minimum atomic E-state index is -4.54. The molecule has 0 aliphatic heterocycles. The van der Waals surface area contributed by atoms with Crippen LogP contribution < -0.4 is 10.6 Å². The number of allylic oxidation sites excluding steroid dienone is 1. The van der Waals surface area contributed by atoms with Gasteiger partial charge in [0.2, 0.25) is 0 Å². The topological polar surface area (TPSA) is 76.7 Å². The molecule has 0 bridgehead atoms. The maximum Gasteiger partial charge on any atom is 0.407 e. The molecule has 2 N–H and O–H groups in total. The van der Waals surface area contributed by atoms with Crippen molar-refractivity contribution in [3.05, 3.63) is 12.2 Å². The molecule has 6 nitrogen and oxygen atoms in total. The smallest absolute Gasteiger partial charge is 0.407 e. The highest BCUT2D eigenvalue weighted by Gasteiger charge is 2.29. The number of rotatable bonds is 6. The molecule has 12 heteroatoms. The predicted octanol–water partition coefficient (Wildman–Crippen LogP) is 3.15. The summed E-state index contributed by atoms with van der Waals surface area (Å²) in [5.74, 6) is -0.504. The van der Waals surface area contributed by atoms with Crippen LogP contribution >= 0.6 is 0 Å². The van der Waals surface area contributed by atoms with Crippen molar-refractivity contribution in [2.24, 2.45) is 11.8 Å². The number of nitrogens with one attached hydrogen (secondary N) is 2. The van der Waals surface area contributed by atoms with Crippen LogP contribution in [0.2, 0.25) is 0 Å². The van der Waals surface area contributed by atoms with Crippen LogP contribution in [0.3, 0.4) is 0 Å². The van der Waals surface area contributed by atoms with Gasteiger partial charge >= 0.3 is 24.5 Å². The van der Waals surface area contributed by atoms with Crippen LogP contribution in [0.5, 0.6) is 0 Å². The van der Waals surface area contributed by atoms with Crippen LogP contribution in [-0.4, -0.2) is 50.8 Å². The summed E-state index contributed by atoms with van der Waals surface area (Å²) in [5.41, 5.74) is 0. The third kappa shape index (κ3) is 10.7. The van der Waals surface area contributed by atoms with Gasteiger partial charge in [0.15, 0.2) is 0 Å². The molecule has 0 radical (unpaired) electrons. The second-order valence-electron chi connectivity index (χ2n) is 5.66. The van der Waals surface area contributed by atoms with Crippen molar-refractivity contribution in [2.45, 2.75) is 25.2 Å². The van der Waals surface area contributed by atoms with Crippen LogP contribution in [0.25, 0.3) is 0 Å². The molecule has 0 aromatic heterocycles. The molecule has 2 atom stereocenters. The third-order valence-corrected chi connectivity index (χ3v) is 3.26. The molecule has 26 heavy (non-hydrogen) atoms. The first-order chi connectivity index (χ1) is 11.9. The van der Waals surface area contributed by atoms with Crippen molar-refractivity contribution in [2.75, 3.05) is 26.3 Å². The summed E-state index contributed by atoms with van der Waals surface area (Å²) in [6, 6.07) is 0. The Morgan fingerprint density at radius 3 is 1.92 bits per heavy atom. The van der Waals surface area contributed by atoms with E-state index in [0.717, 1.165) is 0 Å². The lowest BCUT2D eigenvalue weighted by molar-refractivity contribution is -0.124. The SMILES string of the molecule is O=C(NCC(F)(F)F)OCC1C=CCC(COC(=O)NCC(F)(F)F)C1. The van der Waals surface area contributed by atoms with Crippen molar-refractivity contribution in [3.8, 4) is 0 Å². The Hall–Kier alpha value is -2.14. The number of alkyl carbamates (subject to hydrolysis) is 2. The first-order valence-electron chi connectivity index (χ1n) is 7.56. The van der Waals surface area contributed by atoms with E-state index < -0.39 is 37.6 Å². The highest BCUT2D eigenvalue weighted by atomic mass is 19.4. The summed E-state index contributed by atoms with van der Waals surface area (Å²) >= 11 is 0. The first kappa shape index (κ1) is 21.9. The minimum absolute atomic E-state index is 0.134. The summed E-state index contributed by atoms with van der Waals surface area (Å²) in [6.07, 6.45) is -7.17. The fraction of sp³-hybridized carbons (Fsp3) is 0.714. The van der Waals surface area contributed by atoms with Gasteiger partial charge in [0, 0.05) is 5.92 Å². The molecule has 1 rings (SSSR count). The molecule has 0 aromatic carbocycles. The van der Waals surface area contributed by atoms with E-state index in [1.54, 1.807) is 22.8 Å². The van der Waals surface area contributed by atoms with E-state index in [2.05, 4.69) is 4.74 Å². The Kier molecular flexibility index (Phi) is 8.03. The van der Waals surface area contributed by atoms with Crippen molar-refractivity contribution in [3.63, 3.8) is 0 Å². The lowest BCUT2D eigenvalue weighted by Gasteiger charge is -2.24. The van der Waals surface area contributed by atoms with Crippen LogP contribution in [0.15, 0.2) is 12.2 Å². The normalized spacial score (nSPS) is 20.4. The Balaban J connectivity index is 2.25. The number of carbonyl (C=O) groups is 2. The fourth-order valence-corrected chi connectivity index (χ4v) is 2.15. The maximum absolute atomic E-state index is 11.9. The molecule has 0 aromatic rings. The van der Waals surface area contributed by atoms with Crippen LogP contribution in [0, 0.1) is 11.8 Å². The van der Waals surface area contributed by atoms with Crippen LogP contribution in [0.4, 0.5) is 35.9 Å². The van der Waals surface area contributed by atoms with E-state index in [0.29, 0.717) is 12.8 Å². The molecule has 0 saturated heterocycles. The Morgan fingerprint density at radius 1 is 0.923 bits per heavy atom. The van der Waals surface area contributed by atoms with Gasteiger partial charge in [0.1, 0.15) is 13.1 Å². The minimum Gasteiger partial charge on any atom is -0.449 e.